The largest absolute Gasteiger partial charge is 0.310 e. The zero-order valence-corrected chi connectivity index (χ0v) is 10.8. The first kappa shape index (κ1) is 11.7. The molecule has 0 aromatic carbocycles. The molecule has 2 rings (SSSR count). The SMILES string of the molecule is C=C(CNC1CC1)CSc1cc(C)nn1C. The van der Waals surface area contributed by atoms with Crippen LogP contribution in [0.3, 0.4) is 0 Å². The molecule has 0 amide bonds. The summed E-state index contributed by atoms with van der Waals surface area (Å²) >= 11 is 1.81. The Balaban J connectivity index is 1.73. The minimum atomic E-state index is 0.765. The highest BCUT2D eigenvalue weighted by Crippen LogP contribution is 2.21. The van der Waals surface area contributed by atoms with Crippen molar-refractivity contribution in [1.82, 2.24) is 15.1 Å². The minimum absolute atomic E-state index is 0.765. The van der Waals surface area contributed by atoms with E-state index in [9.17, 15) is 0 Å². The second-order valence-electron chi connectivity index (χ2n) is 4.44. The van der Waals surface area contributed by atoms with Crippen LogP contribution < -0.4 is 5.32 Å². The number of aromatic nitrogens is 2. The van der Waals surface area contributed by atoms with E-state index in [4.69, 9.17) is 0 Å². The minimum Gasteiger partial charge on any atom is -0.310 e. The van der Waals surface area contributed by atoms with E-state index in [1.54, 1.807) is 0 Å². The van der Waals surface area contributed by atoms with Gasteiger partial charge in [0, 0.05) is 25.4 Å². The first-order chi connectivity index (χ1) is 7.65. The Morgan fingerprint density at radius 2 is 2.44 bits per heavy atom. The van der Waals surface area contributed by atoms with Crippen LogP contribution in [0.4, 0.5) is 0 Å². The summed E-state index contributed by atoms with van der Waals surface area (Å²) in [6, 6.07) is 2.88. The monoisotopic (exact) mass is 237 g/mol. The van der Waals surface area contributed by atoms with Crippen LogP contribution in [0, 0.1) is 6.92 Å². The summed E-state index contributed by atoms with van der Waals surface area (Å²) in [5.41, 5.74) is 2.34. The van der Waals surface area contributed by atoms with Gasteiger partial charge >= 0.3 is 0 Å². The Labute approximate surface area is 101 Å². The molecule has 1 aliphatic rings. The van der Waals surface area contributed by atoms with Crippen molar-refractivity contribution < 1.29 is 0 Å². The third kappa shape index (κ3) is 3.39. The molecule has 0 aliphatic heterocycles. The summed E-state index contributed by atoms with van der Waals surface area (Å²) in [7, 11) is 1.99. The summed E-state index contributed by atoms with van der Waals surface area (Å²) in [6.07, 6.45) is 2.67. The highest BCUT2D eigenvalue weighted by molar-refractivity contribution is 7.99. The normalized spacial score (nSPS) is 15.4. The van der Waals surface area contributed by atoms with Crippen molar-refractivity contribution in [2.75, 3.05) is 12.3 Å². The van der Waals surface area contributed by atoms with Crippen LogP contribution in [0.2, 0.25) is 0 Å². The van der Waals surface area contributed by atoms with Crippen molar-refractivity contribution >= 4 is 11.8 Å². The molecular weight excluding hydrogens is 218 g/mol. The van der Waals surface area contributed by atoms with E-state index in [2.05, 4.69) is 23.1 Å². The molecule has 0 atom stereocenters. The lowest BCUT2D eigenvalue weighted by atomic mass is 10.3. The zero-order valence-electron chi connectivity index (χ0n) is 9.99. The molecule has 1 aromatic rings. The second kappa shape index (κ2) is 5.06. The van der Waals surface area contributed by atoms with Crippen LogP contribution >= 0.6 is 11.8 Å². The van der Waals surface area contributed by atoms with E-state index < -0.39 is 0 Å². The van der Waals surface area contributed by atoms with Gasteiger partial charge < -0.3 is 5.32 Å². The lowest BCUT2D eigenvalue weighted by Gasteiger charge is -2.06. The molecule has 0 saturated heterocycles. The Kier molecular flexibility index (Phi) is 3.71. The second-order valence-corrected chi connectivity index (χ2v) is 5.44. The number of rotatable bonds is 6. The number of thioether (sulfide) groups is 1. The number of nitrogens with zero attached hydrogens (tertiary/aromatic N) is 2. The first-order valence-electron chi connectivity index (χ1n) is 5.68. The maximum absolute atomic E-state index is 4.32. The van der Waals surface area contributed by atoms with Gasteiger partial charge in [-0.3, -0.25) is 4.68 Å². The highest BCUT2D eigenvalue weighted by atomic mass is 32.2. The molecule has 4 heteroatoms. The van der Waals surface area contributed by atoms with Gasteiger partial charge in [-0.25, -0.2) is 0 Å². The highest BCUT2D eigenvalue weighted by Gasteiger charge is 2.20. The number of hydrogen-bond acceptors (Lipinski definition) is 3. The van der Waals surface area contributed by atoms with Crippen molar-refractivity contribution in [3.63, 3.8) is 0 Å². The fourth-order valence-corrected chi connectivity index (χ4v) is 2.46. The van der Waals surface area contributed by atoms with E-state index >= 15 is 0 Å². The van der Waals surface area contributed by atoms with Crippen molar-refractivity contribution in [3.05, 3.63) is 23.9 Å². The summed E-state index contributed by atoms with van der Waals surface area (Å²) in [5.74, 6) is 0.971. The standard InChI is InChI=1S/C12H19N3S/c1-9(7-13-11-4-5-11)8-16-12-6-10(2)14-15(12)3/h6,11,13H,1,4-5,7-8H2,2-3H3. The summed E-state index contributed by atoms with van der Waals surface area (Å²) in [4.78, 5) is 0. The fraction of sp³-hybridized carbons (Fsp3) is 0.583. The zero-order chi connectivity index (χ0) is 11.5. The molecule has 1 heterocycles. The van der Waals surface area contributed by atoms with Gasteiger partial charge in [-0.1, -0.05) is 12.2 Å². The quantitative estimate of drug-likeness (QED) is 0.607. The van der Waals surface area contributed by atoms with Gasteiger partial charge in [0.2, 0.25) is 0 Å². The van der Waals surface area contributed by atoms with Gasteiger partial charge in [-0.15, -0.1) is 11.8 Å². The van der Waals surface area contributed by atoms with Crippen LogP contribution in [0.5, 0.6) is 0 Å². The topological polar surface area (TPSA) is 29.9 Å². The third-order valence-electron chi connectivity index (χ3n) is 2.60. The Morgan fingerprint density at radius 3 is 3.00 bits per heavy atom. The fourth-order valence-electron chi connectivity index (χ4n) is 1.53. The lowest BCUT2D eigenvalue weighted by Crippen LogP contribution is -2.19. The van der Waals surface area contributed by atoms with Gasteiger partial charge in [-0.05, 0) is 25.8 Å². The summed E-state index contributed by atoms with van der Waals surface area (Å²) < 4.78 is 1.93. The molecule has 1 fully saturated rings. The molecule has 1 saturated carbocycles. The van der Waals surface area contributed by atoms with Crippen LogP contribution in [0.25, 0.3) is 0 Å². The predicted octanol–water partition coefficient (Wildman–Crippen LogP) is 2.13. The molecule has 1 N–H and O–H groups in total. The third-order valence-corrected chi connectivity index (χ3v) is 3.83. The maximum Gasteiger partial charge on any atom is 0.0942 e. The maximum atomic E-state index is 4.32. The van der Waals surface area contributed by atoms with E-state index in [0.717, 1.165) is 24.0 Å². The molecule has 88 valence electrons. The van der Waals surface area contributed by atoms with Gasteiger partial charge in [0.25, 0.3) is 0 Å². The van der Waals surface area contributed by atoms with Gasteiger partial charge in [-0.2, -0.15) is 5.10 Å². The molecular formula is C12H19N3S. The molecule has 16 heavy (non-hydrogen) atoms. The first-order valence-corrected chi connectivity index (χ1v) is 6.67. The smallest absolute Gasteiger partial charge is 0.0942 e. The Bertz CT molecular complexity index is 380. The van der Waals surface area contributed by atoms with Crippen LogP contribution in [-0.2, 0) is 7.05 Å². The number of hydrogen-bond donors (Lipinski definition) is 1. The predicted molar refractivity (Wildman–Crippen MR) is 68.8 cm³/mol. The molecule has 0 unspecified atom stereocenters. The van der Waals surface area contributed by atoms with Crippen molar-refractivity contribution in [2.24, 2.45) is 7.05 Å². The van der Waals surface area contributed by atoms with Crippen molar-refractivity contribution in [3.8, 4) is 0 Å². The van der Waals surface area contributed by atoms with Crippen molar-refractivity contribution in [2.45, 2.75) is 30.8 Å². The van der Waals surface area contributed by atoms with Gasteiger partial charge in [0.05, 0.1) is 10.7 Å². The van der Waals surface area contributed by atoms with Crippen LogP contribution in [0.1, 0.15) is 18.5 Å². The summed E-state index contributed by atoms with van der Waals surface area (Å²) in [5, 5.41) is 9.01. The Hall–Kier alpha value is -0.740. The average molecular weight is 237 g/mol. The van der Waals surface area contributed by atoms with E-state index in [1.165, 1.54) is 23.4 Å². The van der Waals surface area contributed by atoms with E-state index in [-0.39, 0.29) is 0 Å². The molecule has 1 aliphatic carbocycles. The van der Waals surface area contributed by atoms with Crippen molar-refractivity contribution in [1.29, 1.82) is 0 Å². The van der Waals surface area contributed by atoms with Crippen LogP contribution in [0.15, 0.2) is 23.2 Å². The Morgan fingerprint density at radius 1 is 1.69 bits per heavy atom. The lowest BCUT2D eigenvalue weighted by molar-refractivity contribution is 0.692. The van der Waals surface area contributed by atoms with Gasteiger partial charge in [0.15, 0.2) is 0 Å². The van der Waals surface area contributed by atoms with E-state index in [0.29, 0.717) is 0 Å². The van der Waals surface area contributed by atoms with E-state index in [1.807, 2.05) is 30.4 Å². The molecule has 3 nitrogen and oxygen atoms in total. The number of aryl methyl sites for hydroxylation is 2. The number of nitrogens with one attached hydrogen (secondary N) is 1. The summed E-state index contributed by atoms with van der Waals surface area (Å²) in [6.45, 7) is 7.07. The molecule has 1 aromatic heterocycles. The van der Waals surface area contributed by atoms with Gasteiger partial charge in [0.1, 0.15) is 0 Å². The average Bonchev–Trinajstić information content (AvgIpc) is 2.99. The molecule has 0 bridgehead atoms. The molecule has 0 radical (unpaired) electrons. The van der Waals surface area contributed by atoms with Crippen LogP contribution in [-0.4, -0.2) is 28.1 Å². The molecule has 0 spiro atoms.